The Labute approximate surface area is 208 Å². The number of aldehydes is 1. The van der Waals surface area contributed by atoms with E-state index in [0.717, 1.165) is 30.3 Å². The molecule has 3 heterocycles. The summed E-state index contributed by atoms with van der Waals surface area (Å²) in [5, 5.41) is 6.62. The van der Waals surface area contributed by atoms with Crippen molar-refractivity contribution in [3.63, 3.8) is 0 Å². The fraction of sp³-hybridized carbons (Fsp3) is 0.308. The van der Waals surface area contributed by atoms with Crippen molar-refractivity contribution in [2.75, 3.05) is 23.4 Å². The van der Waals surface area contributed by atoms with Crippen LogP contribution in [0.5, 0.6) is 0 Å². The molecule has 8 nitrogen and oxygen atoms in total. The molecule has 2 aliphatic heterocycles. The summed E-state index contributed by atoms with van der Waals surface area (Å²) in [4.78, 5) is 35.7. The maximum atomic E-state index is 13.1. The first-order valence-corrected chi connectivity index (χ1v) is 12.0. The van der Waals surface area contributed by atoms with E-state index in [1.165, 1.54) is 0 Å². The number of amides is 1. The second kappa shape index (κ2) is 10.4. The SMILES string of the molecule is O=Cc1ccc(CNc2nc(N3C4CCC3COC4)ncc2C(=O)NCc2ccccc2)cc1Cl. The number of carbonyl (C=O) groups excluding carboxylic acids is 2. The van der Waals surface area contributed by atoms with Gasteiger partial charge in [0.2, 0.25) is 5.95 Å². The van der Waals surface area contributed by atoms with Crippen LogP contribution in [0.3, 0.4) is 0 Å². The molecule has 2 bridgehead atoms. The third-order valence-corrected chi connectivity index (χ3v) is 6.77. The summed E-state index contributed by atoms with van der Waals surface area (Å²) in [6, 6.07) is 15.4. The molecule has 2 saturated heterocycles. The average molecular weight is 492 g/mol. The third kappa shape index (κ3) is 5.13. The average Bonchev–Trinajstić information content (AvgIpc) is 3.14. The Morgan fingerprint density at radius 1 is 1.09 bits per heavy atom. The Bertz CT molecular complexity index is 1210. The minimum absolute atomic E-state index is 0.244. The molecule has 2 N–H and O–H groups in total. The number of fused-ring (bicyclic) bond motifs is 2. The van der Waals surface area contributed by atoms with Gasteiger partial charge >= 0.3 is 0 Å². The predicted octanol–water partition coefficient (Wildman–Crippen LogP) is 3.85. The van der Waals surface area contributed by atoms with Gasteiger partial charge in [0.05, 0.1) is 30.3 Å². The van der Waals surface area contributed by atoms with Crippen LogP contribution in [0.2, 0.25) is 5.02 Å². The van der Waals surface area contributed by atoms with Crippen LogP contribution in [-0.2, 0) is 17.8 Å². The van der Waals surface area contributed by atoms with Crippen LogP contribution in [0.4, 0.5) is 11.8 Å². The molecule has 2 aliphatic rings. The van der Waals surface area contributed by atoms with E-state index in [2.05, 4.69) is 20.5 Å². The van der Waals surface area contributed by atoms with E-state index in [-0.39, 0.29) is 18.0 Å². The van der Waals surface area contributed by atoms with Gasteiger partial charge in [0.25, 0.3) is 5.91 Å². The molecule has 9 heteroatoms. The van der Waals surface area contributed by atoms with Gasteiger partial charge in [0.15, 0.2) is 6.29 Å². The van der Waals surface area contributed by atoms with Gasteiger partial charge < -0.3 is 20.3 Å². The molecule has 5 rings (SSSR count). The van der Waals surface area contributed by atoms with Crippen LogP contribution in [0, 0.1) is 0 Å². The number of ether oxygens (including phenoxy) is 1. The second-order valence-corrected chi connectivity index (χ2v) is 9.16. The summed E-state index contributed by atoms with van der Waals surface area (Å²) >= 11 is 6.19. The number of halogens is 1. The molecular formula is C26H26ClN5O3. The molecule has 1 aromatic heterocycles. The fourth-order valence-electron chi connectivity index (χ4n) is 4.59. The van der Waals surface area contributed by atoms with Crippen molar-refractivity contribution in [2.45, 2.75) is 38.0 Å². The fourth-order valence-corrected chi connectivity index (χ4v) is 4.84. The lowest BCUT2D eigenvalue weighted by molar-refractivity contribution is 0.0896. The second-order valence-electron chi connectivity index (χ2n) is 8.76. The number of morpholine rings is 1. The van der Waals surface area contributed by atoms with E-state index in [4.69, 9.17) is 21.3 Å². The lowest BCUT2D eigenvalue weighted by Gasteiger charge is -2.34. The summed E-state index contributed by atoms with van der Waals surface area (Å²) in [7, 11) is 0. The van der Waals surface area contributed by atoms with Crippen molar-refractivity contribution in [1.29, 1.82) is 0 Å². The quantitative estimate of drug-likeness (QED) is 0.462. The van der Waals surface area contributed by atoms with Crippen molar-refractivity contribution >= 4 is 35.6 Å². The molecule has 0 spiro atoms. The summed E-state index contributed by atoms with van der Waals surface area (Å²) in [5.74, 6) is 0.779. The molecule has 1 amide bonds. The highest BCUT2D eigenvalue weighted by Gasteiger charge is 2.39. The zero-order valence-corrected chi connectivity index (χ0v) is 19.9. The van der Waals surface area contributed by atoms with E-state index in [1.807, 2.05) is 36.4 Å². The highest BCUT2D eigenvalue weighted by molar-refractivity contribution is 6.33. The van der Waals surface area contributed by atoms with Gasteiger partial charge in [-0.2, -0.15) is 4.98 Å². The highest BCUT2D eigenvalue weighted by Crippen LogP contribution is 2.33. The molecular weight excluding hydrogens is 466 g/mol. The van der Waals surface area contributed by atoms with E-state index >= 15 is 0 Å². The van der Waals surface area contributed by atoms with Crippen molar-refractivity contribution in [3.8, 4) is 0 Å². The molecule has 35 heavy (non-hydrogen) atoms. The zero-order chi connectivity index (χ0) is 24.2. The van der Waals surface area contributed by atoms with Crippen LogP contribution in [0.25, 0.3) is 0 Å². The van der Waals surface area contributed by atoms with Gasteiger partial charge in [-0.25, -0.2) is 4.98 Å². The maximum absolute atomic E-state index is 13.1. The van der Waals surface area contributed by atoms with Crippen molar-refractivity contribution in [3.05, 3.63) is 82.0 Å². The van der Waals surface area contributed by atoms with E-state index in [0.29, 0.717) is 54.2 Å². The first-order chi connectivity index (χ1) is 17.1. The number of benzene rings is 2. The monoisotopic (exact) mass is 491 g/mol. The Kier molecular flexibility index (Phi) is 6.92. The van der Waals surface area contributed by atoms with Crippen LogP contribution in [0.1, 0.15) is 44.7 Å². The minimum atomic E-state index is -0.262. The molecule has 0 aliphatic carbocycles. The first-order valence-electron chi connectivity index (χ1n) is 11.6. The number of hydrogen-bond donors (Lipinski definition) is 2. The van der Waals surface area contributed by atoms with Crippen LogP contribution < -0.4 is 15.5 Å². The molecule has 2 atom stereocenters. The number of aromatic nitrogens is 2. The first kappa shape index (κ1) is 23.3. The van der Waals surface area contributed by atoms with Crippen molar-refractivity contribution in [1.82, 2.24) is 15.3 Å². The molecule has 0 radical (unpaired) electrons. The standard InChI is InChI=1S/C26H26ClN5O3/c27-23-10-18(6-7-19(23)14-33)12-28-24-22(25(34)29-11-17-4-2-1-3-5-17)13-30-26(31-24)32-20-8-9-21(32)16-35-15-20/h1-7,10,13-14,20-21H,8-9,11-12,15-16H2,(H,29,34)(H,28,30,31). The van der Waals surface area contributed by atoms with Gasteiger partial charge in [-0.1, -0.05) is 48.0 Å². The molecule has 3 aromatic rings. The molecule has 0 saturated carbocycles. The number of hydrogen-bond acceptors (Lipinski definition) is 7. The Balaban J connectivity index is 1.39. The van der Waals surface area contributed by atoms with E-state index < -0.39 is 0 Å². The zero-order valence-electron chi connectivity index (χ0n) is 19.1. The largest absolute Gasteiger partial charge is 0.377 e. The lowest BCUT2D eigenvalue weighted by Crippen LogP contribution is -2.46. The maximum Gasteiger partial charge on any atom is 0.256 e. The molecule has 2 aromatic carbocycles. The Hall–Kier alpha value is -3.49. The topological polar surface area (TPSA) is 96.5 Å². The summed E-state index contributed by atoms with van der Waals surface area (Å²) < 4.78 is 5.70. The normalized spacial score (nSPS) is 18.8. The van der Waals surface area contributed by atoms with Gasteiger partial charge in [-0.15, -0.1) is 0 Å². The lowest BCUT2D eigenvalue weighted by atomic mass is 10.1. The number of nitrogens with zero attached hydrogens (tertiary/aromatic N) is 3. The summed E-state index contributed by atoms with van der Waals surface area (Å²) in [6.45, 7) is 2.09. The third-order valence-electron chi connectivity index (χ3n) is 6.44. The van der Waals surface area contributed by atoms with Gasteiger partial charge in [0, 0.05) is 24.8 Å². The molecule has 2 unspecified atom stereocenters. The number of anilines is 2. The summed E-state index contributed by atoms with van der Waals surface area (Å²) in [5.41, 5.74) is 2.66. The van der Waals surface area contributed by atoms with Gasteiger partial charge in [-0.3, -0.25) is 9.59 Å². The summed E-state index contributed by atoms with van der Waals surface area (Å²) in [6.07, 6.45) is 4.39. The van der Waals surface area contributed by atoms with Crippen LogP contribution in [-0.4, -0.2) is 47.5 Å². The predicted molar refractivity (Wildman–Crippen MR) is 134 cm³/mol. The van der Waals surface area contributed by atoms with Crippen LogP contribution in [0.15, 0.2) is 54.7 Å². The van der Waals surface area contributed by atoms with Gasteiger partial charge in [0.1, 0.15) is 11.4 Å². The number of carbonyl (C=O) groups is 2. The Morgan fingerprint density at radius 2 is 1.86 bits per heavy atom. The number of rotatable bonds is 8. The Morgan fingerprint density at radius 3 is 2.57 bits per heavy atom. The van der Waals surface area contributed by atoms with Crippen molar-refractivity contribution in [2.24, 2.45) is 0 Å². The van der Waals surface area contributed by atoms with E-state index in [1.54, 1.807) is 18.3 Å². The number of nitrogens with one attached hydrogen (secondary N) is 2. The highest BCUT2D eigenvalue weighted by atomic mass is 35.5. The molecule has 180 valence electrons. The van der Waals surface area contributed by atoms with E-state index in [9.17, 15) is 9.59 Å². The van der Waals surface area contributed by atoms with Crippen LogP contribution >= 0.6 is 11.6 Å². The van der Waals surface area contributed by atoms with Gasteiger partial charge in [-0.05, 0) is 36.1 Å². The molecule has 2 fully saturated rings. The minimum Gasteiger partial charge on any atom is -0.377 e. The van der Waals surface area contributed by atoms with Crippen molar-refractivity contribution < 1.29 is 14.3 Å². The smallest absolute Gasteiger partial charge is 0.256 e.